The van der Waals surface area contributed by atoms with Gasteiger partial charge < -0.3 is 4.42 Å². The fraction of sp³-hybridized carbons (Fsp3) is 0. The van der Waals surface area contributed by atoms with E-state index >= 15 is 0 Å². The van der Waals surface area contributed by atoms with E-state index in [4.69, 9.17) is 4.42 Å². The highest BCUT2D eigenvalue weighted by Crippen LogP contribution is 2.41. The van der Waals surface area contributed by atoms with Gasteiger partial charge in [-0.2, -0.15) is 5.26 Å². The van der Waals surface area contributed by atoms with Crippen LogP contribution in [-0.4, -0.2) is 9.97 Å². The maximum Gasteiger partial charge on any atom is 0.136 e. The lowest BCUT2D eigenvalue weighted by molar-refractivity contribution is 0.669. The van der Waals surface area contributed by atoms with Crippen molar-refractivity contribution in [3.63, 3.8) is 0 Å². The number of hydrogen-bond acceptors (Lipinski definition) is 4. The molecule has 0 atom stereocenters. The Kier molecular flexibility index (Phi) is 4.80. The lowest BCUT2D eigenvalue weighted by atomic mass is 9.95. The lowest BCUT2D eigenvalue weighted by Crippen LogP contribution is -1.90. The first-order chi connectivity index (χ1) is 18.3. The van der Waals surface area contributed by atoms with Crippen LogP contribution in [0.1, 0.15) is 5.56 Å². The Balaban J connectivity index is 1.39. The zero-order valence-corrected chi connectivity index (χ0v) is 19.7. The van der Waals surface area contributed by atoms with Crippen LogP contribution in [0.15, 0.2) is 120 Å². The van der Waals surface area contributed by atoms with Gasteiger partial charge in [0, 0.05) is 28.7 Å². The third-order valence-electron chi connectivity index (χ3n) is 6.81. The van der Waals surface area contributed by atoms with Gasteiger partial charge in [0.2, 0.25) is 0 Å². The number of benzene rings is 4. The number of fused-ring (bicyclic) bond motifs is 5. The first-order valence-electron chi connectivity index (χ1n) is 12.0. The third-order valence-corrected chi connectivity index (χ3v) is 6.81. The fourth-order valence-corrected chi connectivity index (χ4v) is 5.03. The zero-order chi connectivity index (χ0) is 24.8. The van der Waals surface area contributed by atoms with Gasteiger partial charge in [0.15, 0.2) is 0 Å². The fourth-order valence-electron chi connectivity index (χ4n) is 5.03. The van der Waals surface area contributed by atoms with E-state index in [1.165, 1.54) is 0 Å². The number of rotatable bonds is 3. The highest BCUT2D eigenvalue weighted by atomic mass is 16.3. The van der Waals surface area contributed by atoms with Gasteiger partial charge in [0.05, 0.1) is 23.0 Å². The molecule has 4 nitrogen and oxygen atoms in total. The summed E-state index contributed by atoms with van der Waals surface area (Å²) in [4.78, 5) is 9.05. The number of pyridine rings is 2. The molecule has 0 amide bonds. The number of furan rings is 1. The van der Waals surface area contributed by atoms with Gasteiger partial charge in [0.25, 0.3) is 0 Å². The van der Waals surface area contributed by atoms with Gasteiger partial charge in [-0.05, 0) is 63.9 Å². The van der Waals surface area contributed by atoms with E-state index < -0.39 is 0 Å². The van der Waals surface area contributed by atoms with Gasteiger partial charge in [-0.25, -0.2) is 0 Å². The highest BCUT2D eigenvalue weighted by molar-refractivity contribution is 6.22. The highest BCUT2D eigenvalue weighted by Gasteiger charge is 2.16. The predicted octanol–water partition coefficient (Wildman–Crippen LogP) is 8.40. The summed E-state index contributed by atoms with van der Waals surface area (Å²) in [6.45, 7) is 0. The Morgan fingerprint density at radius 1 is 0.595 bits per heavy atom. The first-order valence-corrected chi connectivity index (χ1v) is 12.0. The smallest absolute Gasteiger partial charge is 0.136 e. The summed E-state index contributed by atoms with van der Waals surface area (Å²) in [7, 11) is 0. The zero-order valence-electron chi connectivity index (χ0n) is 19.7. The molecule has 0 spiro atoms. The summed E-state index contributed by atoms with van der Waals surface area (Å²) in [5.74, 6) is 0. The minimum absolute atomic E-state index is 0.563. The molecule has 0 bridgehead atoms. The minimum Gasteiger partial charge on any atom is -0.456 e. The number of nitriles is 1. The van der Waals surface area contributed by atoms with Crippen LogP contribution in [0, 0.1) is 11.3 Å². The van der Waals surface area contributed by atoms with Crippen molar-refractivity contribution in [1.82, 2.24) is 9.97 Å². The van der Waals surface area contributed by atoms with Gasteiger partial charge >= 0.3 is 0 Å². The van der Waals surface area contributed by atoms with Crippen molar-refractivity contribution in [3.8, 4) is 39.7 Å². The van der Waals surface area contributed by atoms with Crippen LogP contribution in [0.3, 0.4) is 0 Å². The largest absolute Gasteiger partial charge is 0.456 e. The maximum atomic E-state index is 9.21. The van der Waals surface area contributed by atoms with Crippen LogP contribution in [-0.2, 0) is 0 Å². The van der Waals surface area contributed by atoms with Crippen molar-refractivity contribution in [2.75, 3.05) is 0 Å². The molecule has 0 aliphatic carbocycles. The van der Waals surface area contributed by atoms with Gasteiger partial charge in [-0.15, -0.1) is 0 Å². The van der Waals surface area contributed by atoms with Crippen molar-refractivity contribution >= 4 is 32.7 Å². The van der Waals surface area contributed by atoms with E-state index in [0.717, 1.165) is 60.7 Å². The average molecular weight is 474 g/mol. The first kappa shape index (κ1) is 21.0. The van der Waals surface area contributed by atoms with Crippen LogP contribution in [0.4, 0.5) is 0 Å². The van der Waals surface area contributed by atoms with E-state index in [1.54, 1.807) is 18.3 Å². The number of nitrogens with zero attached hydrogens (tertiary/aromatic N) is 3. The van der Waals surface area contributed by atoms with Crippen LogP contribution in [0.25, 0.3) is 66.4 Å². The van der Waals surface area contributed by atoms with Crippen LogP contribution >= 0.6 is 0 Å². The molecule has 37 heavy (non-hydrogen) atoms. The predicted molar refractivity (Wildman–Crippen MR) is 148 cm³/mol. The summed E-state index contributed by atoms with van der Waals surface area (Å²) in [5.41, 5.74) is 8.03. The molecule has 7 aromatic rings. The monoisotopic (exact) mass is 473 g/mol. The second-order valence-corrected chi connectivity index (χ2v) is 9.00. The second kappa shape index (κ2) is 8.44. The summed E-state index contributed by atoms with van der Waals surface area (Å²) in [5, 5.41) is 13.7. The summed E-state index contributed by atoms with van der Waals surface area (Å²) in [6.07, 6.45) is 3.50. The van der Waals surface area contributed by atoms with Crippen molar-refractivity contribution in [3.05, 3.63) is 121 Å². The second-order valence-electron chi connectivity index (χ2n) is 9.00. The molecule has 7 rings (SSSR count). The number of aromatic nitrogens is 2. The molecule has 0 unspecified atom stereocenters. The third kappa shape index (κ3) is 3.53. The molecule has 0 fully saturated rings. The normalized spacial score (nSPS) is 11.2. The van der Waals surface area contributed by atoms with Gasteiger partial charge in [-0.3, -0.25) is 9.97 Å². The lowest BCUT2D eigenvalue weighted by Gasteiger charge is -2.09. The Labute approximate surface area is 213 Å². The van der Waals surface area contributed by atoms with E-state index in [0.29, 0.717) is 11.3 Å². The molecule has 0 aliphatic rings. The van der Waals surface area contributed by atoms with E-state index in [-0.39, 0.29) is 0 Å². The van der Waals surface area contributed by atoms with E-state index in [9.17, 15) is 5.26 Å². The quantitative estimate of drug-likeness (QED) is 0.258. The van der Waals surface area contributed by atoms with Crippen molar-refractivity contribution in [2.24, 2.45) is 0 Å². The Hall–Kier alpha value is -5.27. The molecule has 4 aromatic carbocycles. The van der Waals surface area contributed by atoms with Crippen molar-refractivity contribution in [1.29, 1.82) is 5.26 Å². The summed E-state index contributed by atoms with van der Waals surface area (Å²) >= 11 is 0. The molecule has 0 radical (unpaired) electrons. The SMILES string of the molecule is N#Cc1ccnc(-c2ccc(-c3cc4oc5cc(-c6ccccc6)ccc5c4c4ccccc34)cn2)c1. The molecule has 3 heterocycles. The molecule has 0 aliphatic heterocycles. The minimum atomic E-state index is 0.563. The van der Waals surface area contributed by atoms with E-state index in [2.05, 4.69) is 76.7 Å². The van der Waals surface area contributed by atoms with Gasteiger partial charge in [-0.1, -0.05) is 66.7 Å². The van der Waals surface area contributed by atoms with Gasteiger partial charge in [0.1, 0.15) is 11.2 Å². The topological polar surface area (TPSA) is 62.7 Å². The van der Waals surface area contributed by atoms with Crippen molar-refractivity contribution in [2.45, 2.75) is 0 Å². The molecule has 172 valence electrons. The molecule has 0 saturated carbocycles. The van der Waals surface area contributed by atoms with E-state index in [1.807, 2.05) is 36.5 Å². The molecular weight excluding hydrogens is 454 g/mol. The molecule has 4 heteroatoms. The number of hydrogen-bond donors (Lipinski definition) is 0. The Morgan fingerprint density at radius 3 is 2.22 bits per heavy atom. The molecule has 0 N–H and O–H groups in total. The molecule has 0 saturated heterocycles. The molecule has 3 aromatic heterocycles. The Bertz CT molecular complexity index is 1980. The average Bonchev–Trinajstić information content (AvgIpc) is 3.35. The van der Waals surface area contributed by atoms with Crippen molar-refractivity contribution < 1.29 is 4.42 Å². The Morgan fingerprint density at radius 2 is 1.41 bits per heavy atom. The summed E-state index contributed by atoms with van der Waals surface area (Å²) in [6, 6.07) is 36.9. The van der Waals surface area contributed by atoms with Crippen LogP contribution < -0.4 is 0 Å². The standard InChI is InChI=1S/C33H19N3O/c34-19-21-14-15-35-30(16-21)29-13-11-24(20-36-29)28-18-32-33(26-9-5-4-8-25(26)28)27-12-10-23(17-31(27)37-32)22-6-2-1-3-7-22/h1-18,20H. The summed E-state index contributed by atoms with van der Waals surface area (Å²) < 4.78 is 6.44. The maximum absolute atomic E-state index is 9.21. The molecular formula is C33H19N3O. The van der Waals surface area contributed by atoms with Crippen LogP contribution in [0.2, 0.25) is 0 Å². The van der Waals surface area contributed by atoms with Crippen LogP contribution in [0.5, 0.6) is 0 Å².